The van der Waals surface area contributed by atoms with E-state index in [2.05, 4.69) is 35.2 Å². The zero-order chi connectivity index (χ0) is 22.0. The highest BCUT2D eigenvalue weighted by atomic mass is 32.1. The fraction of sp³-hybridized carbons (Fsp3) is 0.458. The van der Waals surface area contributed by atoms with Crippen molar-refractivity contribution in [1.29, 1.82) is 0 Å². The van der Waals surface area contributed by atoms with Crippen molar-refractivity contribution < 1.29 is 14.7 Å². The van der Waals surface area contributed by atoms with Gasteiger partial charge in [-0.3, -0.25) is 4.79 Å². The molecule has 1 aliphatic rings. The van der Waals surface area contributed by atoms with Crippen molar-refractivity contribution in [1.82, 2.24) is 14.9 Å². The zero-order valence-corrected chi connectivity index (χ0v) is 18.9. The second kappa shape index (κ2) is 8.83. The quantitative estimate of drug-likeness (QED) is 0.507. The van der Waals surface area contributed by atoms with E-state index in [1.165, 1.54) is 4.88 Å². The number of fused-ring (bicyclic) bond motifs is 1. The lowest BCUT2D eigenvalue weighted by Gasteiger charge is -2.25. The van der Waals surface area contributed by atoms with Crippen LogP contribution in [0.1, 0.15) is 79.5 Å². The van der Waals surface area contributed by atoms with Crippen molar-refractivity contribution in [3.05, 3.63) is 52.0 Å². The molecular weight excluding hydrogens is 410 g/mol. The third kappa shape index (κ3) is 4.11. The smallest absolute Gasteiger partial charge is 0.329 e. The van der Waals surface area contributed by atoms with Gasteiger partial charge in [-0.25, -0.2) is 9.78 Å². The van der Waals surface area contributed by atoms with Gasteiger partial charge in [-0.1, -0.05) is 32.8 Å². The third-order valence-corrected chi connectivity index (χ3v) is 7.34. The van der Waals surface area contributed by atoms with Gasteiger partial charge in [0.25, 0.3) is 5.91 Å². The van der Waals surface area contributed by atoms with Gasteiger partial charge in [0.15, 0.2) is 0 Å². The lowest BCUT2D eigenvalue weighted by Crippen LogP contribution is -2.52. The molecule has 0 aliphatic heterocycles. The third-order valence-electron chi connectivity index (χ3n) is 6.46. The lowest BCUT2D eigenvalue weighted by atomic mass is 9.97. The van der Waals surface area contributed by atoms with E-state index < -0.39 is 11.5 Å². The largest absolute Gasteiger partial charge is 0.480 e. The fourth-order valence-electron chi connectivity index (χ4n) is 4.71. The number of nitrogens with one attached hydrogen (secondary N) is 1. The van der Waals surface area contributed by atoms with E-state index in [4.69, 9.17) is 4.98 Å². The predicted octanol–water partition coefficient (Wildman–Crippen LogP) is 5.18. The number of thiophene rings is 1. The second-order valence-corrected chi connectivity index (χ2v) is 9.41. The van der Waals surface area contributed by atoms with E-state index in [9.17, 15) is 14.7 Å². The van der Waals surface area contributed by atoms with Gasteiger partial charge in [0.2, 0.25) is 0 Å². The van der Waals surface area contributed by atoms with Gasteiger partial charge in [0.05, 0.1) is 11.0 Å². The molecule has 1 aromatic carbocycles. The van der Waals surface area contributed by atoms with Gasteiger partial charge in [-0.05, 0) is 55.3 Å². The minimum atomic E-state index is -1.15. The van der Waals surface area contributed by atoms with E-state index in [0.29, 0.717) is 24.4 Å². The number of hydrogen-bond acceptors (Lipinski definition) is 4. The van der Waals surface area contributed by atoms with Gasteiger partial charge >= 0.3 is 5.97 Å². The number of amides is 1. The topological polar surface area (TPSA) is 84.2 Å². The highest BCUT2D eigenvalue weighted by Gasteiger charge is 2.42. The van der Waals surface area contributed by atoms with Crippen LogP contribution < -0.4 is 5.32 Å². The number of nitrogens with zero attached hydrogens (tertiary/aromatic N) is 2. The molecular formula is C24H29N3O3S. The Hall–Kier alpha value is -2.67. The number of carboxylic acid groups (broad SMARTS) is 1. The Balaban J connectivity index is 1.70. The monoisotopic (exact) mass is 439 g/mol. The van der Waals surface area contributed by atoms with Gasteiger partial charge in [-0.15, -0.1) is 11.3 Å². The van der Waals surface area contributed by atoms with Crippen LogP contribution >= 0.6 is 11.3 Å². The number of aliphatic carboxylic acids is 1. The molecule has 3 aromatic rings. The van der Waals surface area contributed by atoms with Crippen LogP contribution in [0.15, 0.2) is 35.7 Å². The molecule has 2 aromatic heterocycles. The van der Waals surface area contributed by atoms with Crippen LogP contribution in [-0.4, -0.2) is 32.1 Å². The van der Waals surface area contributed by atoms with E-state index in [0.717, 1.165) is 49.0 Å². The summed E-state index contributed by atoms with van der Waals surface area (Å²) in [5.41, 5.74) is 1.11. The molecule has 1 amide bonds. The maximum Gasteiger partial charge on any atom is 0.329 e. The maximum absolute atomic E-state index is 12.9. The van der Waals surface area contributed by atoms with Crippen LogP contribution in [0.4, 0.5) is 0 Å². The van der Waals surface area contributed by atoms with Crippen LogP contribution in [0, 0.1) is 0 Å². The molecule has 0 atom stereocenters. The molecule has 1 fully saturated rings. The first-order valence-corrected chi connectivity index (χ1v) is 11.9. The van der Waals surface area contributed by atoms with Crippen LogP contribution in [0.5, 0.6) is 0 Å². The first kappa shape index (κ1) is 21.6. The van der Waals surface area contributed by atoms with Crippen molar-refractivity contribution in [2.75, 3.05) is 0 Å². The summed E-state index contributed by atoms with van der Waals surface area (Å²) in [4.78, 5) is 30.9. The molecule has 4 rings (SSSR count). The molecule has 7 heteroatoms. The Morgan fingerprint density at radius 2 is 1.97 bits per heavy atom. The molecule has 2 N–H and O–H groups in total. The number of hydrogen-bond donors (Lipinski definition) is 2. The lowest BCUT2D eigenvalue weighted by molar-refractivity contribution is -0.144. The SMILES string of the molecule is CCC(CC)n1c(Cc2cccs2)nc2cc(C(=O)NC3(C(=O)O)CCCC3)ccc21. The normalized spacial score (nSPS) is 15.6. The van der Waals surface area contributed by atoms with E-state index in [1.807, 2.05) is 12.1 Å². The van der Waals surface area contributed by atoms with Crippen molar-refractivity contribution >= 4 is 34.2 Å². The highest BCUT2D eigenvalue weighted by Crippen LogP contribution is 2.31. The van der Waals surface area contributed by atoms with Crippen LogP contribution in [-0.2, 0) is 11.2 Å². The molecule has 0 radical (unpaired) electrons. The first-order valence-electron chi connectivity index (χ1n) is 11.1. The summed E-state index contributed by atoms with van der Waals surface area (Å²) in [6.45, 7) is 4.37. The molecule has 0 unspecified atom stereocenters. The van der Waals surface area contributed by atoms with Crippen molar-refractivity contribution in [3.8, 4) is 0 Å². The van der Waals surface area contributed by atoms with Crippen molar-refractivity contribution in [2.24, 2.45) is 0 Å². The molecule has 2 heterocycles. The van der Waals surface area contributed by atoms with Gasteiger partial charge in [0.1, 0.15) is 11.4 Å². The molecule has 1 saturated carbocycles. The van der Waals surface area contributed by atoms with Crippen LogP contribution in [0.2, 0.25) is 0 Å². The molecule has 6 nitrogen and oxygen atoms in total. The molecule has 164 valence electrons. The Morgan fingerprint density at radius 1 is 1.23 bits per heavy atom. The number of rotatable bonds is 8. The fourth-order valence-corrected chi connectivity index (χ4v) is 5.41. The summed E-state index contributed by atoms with van der Waals surface area (Å²) in [7, 11) is 0. The molecule has 1 aliphatic carbocycles. The van der Waals surface area contributed by atoms with E-state index in [-0.39, 0.29) is 5.91 Å². The number of imidazole rings is 1. The second-order valence-electron chi connectivity index (χ2n) is 8.38. The standard InChI is InChI=1S/C24H29N3O3S/c1-3-17(4-2)27-20-10-9-16(22(28)26-24(23(29)30)11-5-6-12-24)14-19(20)25-21(27)15-18-8-7-13-31-18/h7-10,13-14,17H,3-6,11-12,15H2,1-2H3,(H,26,28)(H,29,30). The summed E-state index contributed by atoms with van der Waals surface area (Å²) in [6, 6.07) is 10.0. The average Bonchev–Trinajstić information content (AvgIpc) is 3.50. The zero-order valence-electron chi connectivity index (χ0n) is 18.1. The van der Waals surface area contributed by atoms with Crippen molar-refractivity contribution in [2.45, 2.75) is 70.4 Å². The van der Waals surface area contributed by atoms with Gasteiger partial charge < -0.3 is 15.0 Å². The minimum absolute atomic E-state index is 0.341. The number of carbonyl (C=O) groups is 2. The highest BCUT2D eigenvalue weighted by molar-refractivity contribution is 7.09. The number of carboxylic acids is 1. The maximum atomic E-state index is 12.9. The summed E-state index contributed by atoms with van der Waals surface area (Å²) in [5, 5.41) is 14.6. The van der Waals surface area contributed by atoms with Crippen LogP contribution in [0.3, 0.4) is 0 Å². The van der Waals surface area contributed by atoms with E-state index in [1.54, 1.807) is 23.5 Å². The van der Waals surface area contributed by atoms with E-state index >= 15 is 0 Å². The Labute approximate surface area is 186 Å². The summed E-state index contributed by atoms with van der Waals surface area (Å²) in [6.07, 6.45) is 5.35. The first-order chi connectivity index (χ1) is 15.0. The number of benzene rings is 1. The number of carbonyl (C=O) groups excluding carboxylic acids is 1. The minimum Gasteiger partial charge on any atom is -0.480 e. The number of aromatic nitrogens is 2. The Bertz CT molecular complexity index is 1080. The Morgan fingerprint density at radius 3 is 2.58 bits per heavy atom. The Kier molecular flexibility index (Phi) is 6.14. The van der Waals surface area contributed by atoms with Crippen molar-refractivity contribution in [3.63, 3.8) is 0 Å². The average molecular weight is 440 g/mol. The van der Waals surface area contributed by atoms with Gasteiger partial charge in [0, 0.05) is 22.9 Å². The predicted molar refractivity (Wildman–Crippen MR) is 123 cm³/mol. The summed E-state index contributed by atoms with van der Waals surface area (Å²) < 4.78 is 2.31. The molecule has 0 spiro atoms. The summed E-state index contributed by atoms with van der Waals surface area (Å²) in [5.74, 6) is -0.291. The molecule has 31 heavy (non-hydrogen) atoms. The van der Waals surface area contributed by atoms with Gasteiger partial charge in [-0.2, -0.15) is 0 Å². The van der Waals surface area contributed by atoms with Crippen LogP contribution in [0.25, 0.3) is 11.0 Å². The molecule has 0 bridgehead atoms. The molecule has 0 saturated heterocycles. The summed E-state index contributed by atoms with van der Waals surface area (Å²) >= 11 is 1.72.